The Morgan fingerprint density at radius 3 is 2.63 bits per heavy atom. The largest absolute Gasteiger partial charge is 0.461 e. The Labute approximate surface area is 161 Å². The van der Waals surface area contributed by atoms with Crippen molar-refractivity contribution in [2.24, 2.45) is 0 Å². The molecule has 3 heterocycles. The second-order valence-electron chi connectivity index (χ2n) is 6.33. The summed E-state index contributed by atoms with van der Waals surface area (Å²) in [5.74, 6) is 1.15. The number of rotatable bonds is 7. The molecule has 1 unspecified atom stereocenters. The van der Waals surface area contributed by atoms with Crippen molar-refractivity contribution in [2.45, 2.75) is 51.6 Å². The molecular weight excluding hydrogens is 364 g/mol. The highest BCUT2D eigenvalue weighted by Gasteiger charge is 2.26. The van der Waals surface area contributed by atoms with E-state index in [0.717, 1.165) is 5.69 Å². The van der Waals surface area contributed by atoms with Crippen LogP contribution in [0, 0.1) is 13.8 Å². The van der Waals surface area contributed by atoms with E-state index in [9.17, 15) is 9.59 Å². The molecule has 8 heteroatoms. The Morgan fingerprint density at radius 2 is 2.07 bits per heavy atom. The number of aromatic nitrogens is 4. The van der Waals surface area contributed by atoms with Crippen LogP contribution in [-0.4, -0.2) is 36.6 Å². The summed E-state index contributed by atoms with van der Waals surface area (Å²) in [6.45, 7) is 9.59. The minimum absolute atomic E-state index is 0.0468. The molecule has 0 saturated carbocycles. The fraction of sp³-hybridized carbons (Fsp3) is 0.368. The van der Waals surface area contributed by atoms with Crippen molar-refractivity contribution in [1.82, 2.24) is 19.7 Å². The number of aromatic amines is 1. The third-order valence-electron chi connectivity index (χ3n) is 4.46. The van der Waals surface area contributed by atoms with Gasteiger partial charge in [-0.2, -0.15) is 0 Å². The lowest BCUT2D eigenvalue weighted by Crippen LogP contribution is -2.16. The van der Waals surface area contributed by atoms with Crippen LogP contribution in [0.4, 0.5) is 0 Å². The summed E-state index contributed by atoms with van der Waals surface area (Å²) in [5.41, 5.74) is 2.49. The SMILES string of the molecule is CCn1c(SC(C)C(=O)c2[nH]c(C)c(C(C)=O)c2C)nnc1-c1ccco1. The smallest absolute Gasteiger partial charge is 0.200 e. The number of aryl methyl sites for hydroxylation is 1. The normalized spacial score (nSPS) is 12.3. The van der Waals surface area contributed by atoms with E-state index in [2.05, 4.69) is 15.2 Å². The molecule has 3 rings (SSSR count). The number of carbonyl (C=O) groups excluding carboxylic acids is 2. The van der Waals surface area contributed by atoms with Crippen LogP contribution < -0.4 is 0 Å². The van der Waals surface area contributed by atoms with Gasteiger partial charge in [0.15, 0.2) is 28.3 Å². The molecule has 3 aromatic rings. The van der Waals surface area contributed by atoms with E-state index in [1.54, 1.807) is 19.3 Å². The summed E-state index contributed by atoms with van der Waals surface area (Å²) in [7, 11) is 0. The number of carbonyl (C=O) groups is 2. The van der Waals surface area contributed by atoms with Crippen molar-refractivity contribution < 1.29 is 14.0 Å². The van der Waals surface area contributed by atoms with Gasteiger partial charge in [-0.25, -0.2) is 0 Å². The predicted molar refractivity (Wildman–Crippen MR) is 103 cm³/mol. The van der Waals surface area contributed by atoms with Crippen LogP contribution in [0.1, 0.15) is 52.9 Å². The molecule has 3 aromatic heterocycles. The van der Waals surface area contributed by atoms with Crippen LogP contribution in [-0.2, 0) is 6.54 Å². The first-order valence-electron chi connectivity index (χ1n) is 8.73. The molecular formula is C19H22N4O3S. The van der Waals surface area contributed by atoms with Crippen LogP contribution in [0.5, 0.6) is 0 Å². The van der Waals surface area contributed by atoms with E-state index in [0.29, 0.717) is 40.1 Å². The van der Waals surface area contributed by atoms with E-state index in [1.807, 2.05) is 31.4 Å². The van der Waals surface area contributed by atoms with Gasteiger partial charge in [-0.1, -0.05) is 11.8 Å². The number of hydrogen-bond donors (Lipinski definition) is 1. The first kappa shape index (κ1) is 19.2. The molecule has 0 fully saturated rings. The van der Waals surface area contributed by atoms with Crippen LogP contribution in [0.25, 0.3) is 11.6 Å². The van der Waals surface area contributed by atoms with E-state index in [4.69, 9.17) is 4.42 Å². The molecule has 7 nitrogen and oxygen atoms in total. The highest BCUT2D eigenvalue weighted by atomic mass is 32.2. The lowest BCUT2D eigenvalue weighted by atomic mass is 10.0. The average Bonchev–Trinajstić information content (AvgIpc) is 3.32. The molecule has 0 aliphatic heterocycles. The lowest BCUT2D eigenvalue weighted by molar-refractivity contribution is 0.0988. The second-order valence-corrected chi connectivity index (χ2v) is 7.64. The summed E-state index contributed by atoms with van der Waals surface area (Å²) in [6.07, 6.45) is 1.59. The number of nitrogens with zero attached hydrogens (tertiary/aromatic N) is 3. The lowest BCUT2D eigenvalue weighted by Gasteiger charge is -2.11. The topological polar surface area (TPSA) is 93.8 Å². The van der Waals surface area contributed by atoms with Gasteiger partial charge in [0, 0.05) is 17.8 Å². The van der Waals surface area contributed by atoms with Crippen molar-refractivity contribution in [3.63, 3.8) is 0 Å². The van der Waals surface area contributed by atoms with Gasteiger partial charge in [-0.15, -0.1) is 10.2 Å². The molecule has 0 aliphatic rings. The standard InChI is InChI=1S/C19H22N4O3S/c1-6-23-18(14-8-7-9-26-14)21-22-19(23)27-13(5)17(25)16-10(2)15(12(4)24)11(3)20-16/h7-9,13,20H,6H2,1-5H3. The Balaban J connectivity index is 1.86. The summed E-state index contributed by atoms with van der Waals surface area (Å²) >= 11 is 1.34. The zero-order valence-corrected chi connectivity index (χ0v) is 16.8. The fourth-order valence-corrected chi connectivity index (χ4v) is 4.16. The third-order valence-corrected chi connectivity index (χ3v) is 5.54. The van der Waals surface area contributed by atoms with Crippen LogP contribution in [0.3, 0.4) is 0 Å². The minimum atomic E-state index is -0.388. The van der Waals surface area contributed by atoms with Crippen molar-refractivity contribution in [3.8, 4) is 11.6 Å². The Bertz CT molecular complexity index is 985. The summed E-state index contributed by atoms with van der Waals surface area (Å²) in [6, 6.07) is 3.62. The fourth-order valence-electron chi connectivity index (χ4n) is 3.19. The number of thioether (sulfide) groups is 1. The van der Waals surface area contributed by atoms with Gasteiger partial charge in [0.05, 0.1) is 17.2 Å². The summed E-state index contributed by atoms with van der Waals surface area (Å²) < 4.78 is 7.33. The number of ketones is 2. The van der Waals surface area contributed by atoms with E-state index in [1.165, 1.54) is 18.7 Å². The predicted octanol–water partition coefficient (Wildman–Crippen LogP) is 4.07. The molecule has 1 N–H and O–H groups in total. The van der Waals surface area contributed by atoms with Crippen LogP contribution in [0.15, 0.2) is 28.0 Å². The van der Waals surface area contributed by atoms with E-state index >= 15 is 0 Å². The first-order chi connectivity index (χ1) is 12.8. The summed E-state index contributed by atoms with van der Waals surface area (Å²) in [4.78, 5) is 27.8. The van der Waals surface area contributed by atoms with Crippen molar-refractivity contribution >= 4 is 23.3 Å². The maximum Gasteiger partial charge on any atom is 0.200 e. The van der Waals surface area contributed by atoms with Gasteiger partial charge >= 0.3 is 0 Å². The van der Waals surface area contributed by atoms with Gasteiger partial charge in [-0.3, -0.25) is 14.2 Å². The average molecular weight is 386 g/mol. The number of hydrogen-bond acceptors (Lipinski definition) is 6. The summed E-state index contributed by atoms with van der Waals surface area (Å²) in [5, 5.41) is 8.70. The number of nitrogens with one attached hydrogen (secondary N) is 1. The van der Waals surface area contributed by atoms with Gasteiger partial charge in [-0.05, 0) is 52.3 Å². The van der Waals surface area contributed by atoms with E-state index < -0.39 is 0 Å². The van der Waals surface area contributed by atoms with Gasteiger partial charge < -0.3 is 9.40 Å². The molecule has 0 amide bonds. The van der Waals surface area contributed by atoms with Crippen LogP contribution in [0.2, 0.25) is 0 Å². The monoisotopic (exact) mass is 386 g/mol. The molecule has 0 bridgehead atoms. The molecule has 0 radical (unpaired) electrons. The molecule has 1 atom stereocenters. The van der Waals surface area contributed by atoms with Crippen molar-refractivity contribution in [2.75, 3.05) is 0 Å². The number of H-pyrrole nitrogens is 1. The van der Waals surface area contributed by atoms with Crippen LogP contribution >= 0.6 is 11.8 Å². The van der Waals surface area contributed by atoms with Gasteiger partial charge in [0.25, 0.3) is 0 Å². The third kappa shape index (κ3) is 3.49. The molecule has 27 heavy (non-hydrogen) atoms. The molecule has 0 aromatic carbocycles. The van der Waals surface area contributed by atoms with Crippen molar-refractivity contribution in [3.05, 3.63) is 40.9 Å². The maximum atomic E-state index is 13.0. The Kier molecular flexibility index (Phi) is 5.36. The highest BCUT2D eigenvalue weighted by Crippen LogP contribution is 2.29. The Morgan fingerprint density at radius 1 is 1.33 bits per heavy atom. The zero-order chi connectivity index (χ0) is 19.7. The minimum Gasteiger partial charge on any atom is -0.461 e. The van der Waals surface area contributed by atoms with Crippen molar-refractivity contribution in [1.29, 1.82) is 0 Å². The molecule has 0 spiro atoms. The van der Waals surface area contributed by atoms with Gasteiger partial charge in [0.2, 0.25) is 0 Å². The number of furan rings is 1. The molecule has 0 saturated heterocycles. The quantitative estimate of drug-likeness (QED) is 0.486. The number of Topliss-reactive ketones (excluding diaryl/α,β-unsaturated/α-hetero) is 2. The molecule has 0 aliphatic carbocycles. The second kappa shape index (κ2) is 7.56. The van der Waals surface area contributed by atoms with Gasteiger partial charge in [0.1, 0.15) is 0 Å². The molecule has 142 valence electrons. The maximum absolute atomic E-state index is 13.0. The highest BCUT2D eigenvalue weighted by molar-refractivity contribution is 8.00. The first-order valence-corrected chi connectivity index (χ1v) is 9.61. The Hall–Kier alpha value is -2.61. The van der Waals surface area contributed by atoms with E-state index in [-0.39, 0.29) is 16.8 Å². The zero-order valence-electron chi connectivity index (χ0n) is 16.0.